The molecule has 6 nitrogen and oxygen atoms in total. The molecule has 1 amide bonds. The monoisotopic (exact) mass is 429 g/mol. The minimum absolute atomic E-state index is 0.194. The van der Waals surface area contributed by atoms with E-state index in [1.165, 1.54) is 26.2 Å². The number of nitrogens with zero attached hydrogens (tertiary/aromatic N) is 2. The highest BCUT2D eigenvalue weighted by Gasteiger charge is 2.27. The summed E-state index contributed by atoms with van der Waals surface area (Å²) < 4.78 is 40.9. The molecule has 0 unspecified atom stereocenters. The van der Waals surface area contributed by atoms with E-state index < -0.39 is 28.5 Å². The van der Waals surface area contributed by atoms with E-state index in [1.807, 2.05) is 0 Å². The van der Waals surface area contributed by atoms with Crippen molar-refractivity contribution < 1.29 is 17.6 Å². The minimum atomic E-state index is -3.93. The van der Waals surface area contributed by atoms with Crippen LogP contribution in [-0.4, -0.2) is 39.3 Å². The molecule has 0 saturated carbocycles. The summed E-state index contributed by atoms with van der Waals surface area (Å²) in [7, 11) is -1.21. The van der Waals surface area contributed by atoms with Gasteiger partial charge >= 0.3 is 10.2 Å². The molecule has 2 aromatic rings. The molecule has 0 saturated heterocycles. The first kappa shape index (κ1) is 19.4. The van der Waals surface area contributed by atoms with E-state index in [2.05, 4.69) is 21.2 Å². The maximum Gasteiger partial charge on any atom is 0.304 e. The lowest BCUT2D eigenvalue weighted by molar-refractivity contribution is -0.114. The number of anilines is 2. The largest absolute Gasteiger partial charge is 0.324 e. The lowest BCUT2D eigenvalue weighted by Gasteiger charge is -2.26. The molecule has 0 aliphatic rings. The Hall–Kier alpha value is -1.97. The van der Waals surface area contributed by atoms with Crippen molar-refractivity contribution in [2.45, 2.75) is 0 Å². The molecular formula is C16H17BrFN3O3S. The SMILES string of the molecule is CN(C)S(=O)(=O)N(CC(=O)Nc1cccc(Br)c1)c1ccc(F)cc1. The van der Waals surface area contributed by atoms with E-state index in [-0.39, 0.29) is 5.69 Å². The molecule has 2 rings (SSSR count). The number of carbonyl (C=O) groups excluding carboxylic acids is 1. The number of benzene rings is 2. The number of rotatable bonds is 6. The van der Waals surface area contributed by atoms with Crippen LogP contribution in [0.25, 0.3) is 0 Å². The van der Waals surface area contributed by atoms with Crippen molar-refractivity contribution in [1.82, 2.24) is 4.31 Å². The molecule has 0 atom stereocenters. The third kappa shape index (κ3) is 5.00. The van der Waals surface area contributed by atoms with Crippen LogP contribution in [0, 0.1) is 5.82 Å². The van der Waals surface area contributed by atoms with Gasteiger partial charge in [-0.1, -0.05) is 22.0 Å². The first-order valence-electron chi connectivity index (χ1n) is 7.21. The van der Waals surface area contributed by atoms with Crippen LogP contribution in [0.2, 0.25) is 0 Å². The van der Waals surface area contributed by atoms with Gasteiger partial charge in [-0.15, -0.1) is 0 Å². The van der Waals surface area contributed by atoms with Crippen LogP contribution in [0.4, 0.5) is 15.8 Å². The minimum Gasteiger partial charge on any atom is -0.324 e. The van der Waals surface area contributed by atoms with Crippen molar-refractivity contribution in [2.24, 2.45) is 0 Å². The average molecular weight is 430 g/mol. The summed E-state index contributed by atoms with van der Waals surface area (Å²) in [5, 5.41) is 2.64. The Kier molecular flexibility index (Phi) is 6.15. The Morgan fingerprint density at radius 1 is 1.16 bits per heavy atom. The Labute approximate surface area is 154 Å². The molecule has 0 aliphatic heterocycles. The maximum atomic E-state index is 13.1. The normalized spacial score (nSPS) is 11.4. The molecule has 0 bridgehead atoms. The van der Waals surface area contributed by atoms with Crippen LogP contribution in [0.15, 0.2) is 53.0 Å². The Balaban J connectivity index is 2.27. The fourth-order valence-corrected chi connectivity index (χ4v) is 3.47. The molecule has 134 valence electrons. The highest BCUT2D eigenvalue weighted by Crippen LogP contribution is 2.21. The fraction of sp³-hybridized carbons (Fsp3) is 0.188. The van der Waals surface area contributed by atoms with Crippen LogP contribution in [0.5, 0.6) is 0 Å². The summed E-state index contributed by atoms with van der Waals surface area (Å²) in [4.78, 5) is 12.3. The van der Waals surface area contributed by atoms with Crippen molar-refractivity contribution in [2.75, 3.05) is 30.3 Å². The smallest absolute Gasteiger partial charge is 0.304 e. The number of halogens is 2. The maximum absolute atomic E-state index is 13.1. The van der Waals surface area contributed by atoms with Gasteiger partial charge in [0.05, 0.1) is 5.69 Å². The standard InChI is InChI=1S/C16H17BrFN3O3S/c1-20(2)25(23,24)21(15-8-6-13(18)7-9-15)11-16(22)19-14-5-3-4-12(17)10-14/h3-10H,11H2,1-2H3,(H,19,22). The Bertz CT molecular complexity index is 857. The van der Waals surface area contributed by atoms with Crippen molar-refractivity contribution in [3.63, 3.8) is 0 Å². The van der Waals surface area contributed by atoms with Gasteiger partial charge in [-0.25, -0.2) is 8.70 Å². The number of nitrogens with one attached hydrogen (secondary N) is 1. The number of amides is 1. The summed E-state index contributed by atoms with van der Waals surface area (Å²) in [6.07, 6.45) is 0. The van der Waals surface area contributed by atoms with Gasteiger partial charge in [0, 0.05) is 24.3 Å². The van der Waals surface area contributed by atoms with E-state index in [0.717, 1.165) is 25.2 Å². The molecule has 2 aromatic carbocycles. The highest BCUT2D eigenvalue weighted by atomic mass is 79.9. The number of carbonyl (C=O) groups is 1. The zero-order valence-electron chi connectivity index (χ0n) is 13.6. The Morgan fingerprint density at radius 3 is 2.36 bits per heavy atom. The van der Waals surface area contributed by atoms with Gasteiger partial charge in [-0.3, -0.25) is 4.79 Å². The van der Waals surface area contributed by atoms with Crippen LogP contribution in [0.1, 0.15) is 0 Å². The second-order valence-electron chi connectivity index (χ2n) is 5.33. The molecule has 0 aromatic heterocycles. The molecule has 0 fully saturated rings. The zero-order chi connectivity index (χ0) is 18.6. The van der Waals surface area contributed by atoms with Crippen LogP contribution >= 0.6 is 15.9 Å². The summed E-state index contributed by atoms with van der Waals surface area (Å²) >= 11 is 3.30. The van der Waals surface area contributed by atoms with Crippen LogP contribution in [0.3, 0.4) is 0 Å². The third-order valence-electron chi connectivity index (χ3n) is 3.25. The van der Waals surface area contributed by atoms with Crippen molar-refractivity contribution in [3.05, 3.63) is 58.8 Å². The number of hydrogen-bond donors (Lipinski definition) is 1. The second kappa shape index (κ2) is 7.94. The Morgan fingerprint density at radius 2 is 1.80 bits per heavy atom. The third-order valence-corrected chi connectivity index (χ3v) is 5.56. The lowest BCUT2D eigenvalue weighted by atomic mass is 10.3. The summed E-state index contributed by atoms with van der Waals surface area (Å²) in [6.45, 7) is -0.446. The molecule has 9 heteroatoms. The second-order valence-corrected chi connectivity index (χ2v) is 8.31. The molecule has 0 radical (unpaired) electrons. The van der Waals surface area contributed by atoms with E-state index in [1.54, 1.807) is 24.3 Å². The van der Waals surface area contributed by atoms with Gasteiger partial charge in [-0.05, 0) is 42.5 Å². The van der Waals surface area contributed by atoms with E-state index in [0.29, 0.717) is 5.69 Å². The van der Waals surface area contributed by atoms with Gasteiger partial charge in [0.15, 0.2) is 0 Å². The van der Waals surface area contributed by atoms with Crippen LogP contribution in [-0.2, 0) is 15.0 Å². The number of hydrogen-bond acceptors (Lipinski definition) is 3. The van der Waals surface area contributed by atoms with Crippen molar-refractivity contribution in [3.8, 4) is 0 Å². The molecule has 0 spiro atoms. The highest BCUT2D eigenvalue weighted by molar-refractivity contribution is 9.10. The van der Waals surface area contributed by atoms with E-state index in [9.17, 15) is 17.6 Å². The molecular weight excluding hydrogens is 413 g/mol. The predicted octanol–water partition coefficient (Wildman–Crippen LogP) is 2.84. The lowest BCUT2D eigenvalue weighted by Crippen LogP contribution is -2.44. The molecule has 25 heavy (non-hydrogen) atoms. The van der Waals surface area contributed by atoms with Gasteiger partial charge in [0.2, 0.25) is 5.91 Å². The molecule has 1 N–H and O–H groups in total. The molecule has 0 aliphatic carbocycles. The average Bonchev–Trinajstić information content (AvgIpc) is 2.53. The zero-order valence-corrected chi connectivity index (χ0v) is 16.0. The van der Waals surface area contributed by atoms with E-state index in [4.69, 9.17) is 0 Å². The van der Waals surface area contributed by atoms with Crippen molar-refractivity contribution >= 4 is 43.4 Å². The van der Waals surface area contributed by atoms with E-state index >= 15 is 0 Å². The first-order chi connectivity index (χ1) is 11.7. The predicted molar refractivity (Wildman–Crippen MR) is 99.1 cm³/mol. The van der Waals surface area contributed by atoms with Crippen molar-refractivity contribution in [1.29, 1.82) is 0 Å². The summed E-state index contributed by atoms with van der Waals surface area (Å²) in [5.74, 6) is -1.02. The fourth-order valence-electron chi connectivity index (χ4n) is 2.01. The molecule has 0 heterocycles. The van der Waals surface area contributed by atoms with Crippen LogP contribution < -0.4 is 9.62 Å². The first-order valence-corrected chi connectivity index (χ1v) is 9.40. The van der Waals surface area contributed by atoms with Gasteiger partial charge in [0.1, 0.15) is 12.4 Å². The van der Waals surface area contributed by atoms with Gasteiger partial charge < -0.3 is 5.32 Å². The van der Waals surface area contributed by atoms with Gasteiger partial charge in [-0.2, -0.15) is 12.7 Å². The summed E-state index contributed by atoms with van der Waals surface area (Å²) in [6, 6.07) is 11.8. The van der Waals surface area contributed by atoms with Gasteiger partial charge in [0.25, 0.3) is 0 Å². The summed E-state index contributed by atoms with van der Waals surface area (Å²) in [5.41, 5.74) is 0.722. The quantitative estimate of drug-likeness (QED) is 0.767. The topological polar surface area (TPSA) is 69.7 Å².